The van der Waals surface area contributed by atoms with Gasteiger partial charge in [0.1, 0.15) is 12.1 Å². The zero-order valence-corrected chi connectivity index (χ0v) is 11.9. The third-order valence-electron chi connectivity index (χ3n) is 3.61. The van der Waals surface area contributed by atoms with Crippen molar-refractivity contribution >= 4 is 17.8 Å². The molecule has 1 saturated heterocycles. The van der Waals surface area contributed by atoms with Gasteiger partial charge in [0.05, 0.1) is 18.9 Å². The molecule has 0 aromatic carbocycles. The van der Waals surface area contributed by atoms with Crippen molar-refractivity contribution in [1.82, 2.24) is 14.7 Å². The number of nitrogens with zero attached hydrogens (tertiary/aromatic N) is 3. The van der Waals surface area contributed by atoms with Gasteiger partial charge in [-0.2, -0.15) is 5.10 Å². The summed E-state index contributed by atoms with van der Waals surface area (Å²) in [6.45, 7) is 2.10. The van der Waals surface area contributed by atoms with E-state index in [1.807, 2.05) is 0 Å². The molecular formula is C13H17N3O5. The minimum atomic E-state index is -1.10. The number of carbonyl (C=O) groups is 3. The van der Waals surface area contributed by atoms with Crippen LogP contribution in [0.3, 0.4) is 0 Å². The van der Waals surface area contributed by atoms with E-state index in [2.05, 4.69) is 5.10 Å². The number of carboxylic acids is 1. The van der Waals surface area contributed by atoms with E-state index in [1.165, 1.54) is 29.1 Å². The molecule has 1 N–H and O–H groups in total. The topological polar surface area (TPSA) is 102 Å². The first kappa shape index (κ1) is 15.0. The monoisotopic (exact) mass is 295 g/mol. The molecule has 0 bridgehead atoms. The third kappa shape index (κ3) is 2.88. The van der Waals surface area contributed by atoms with Gasteiger partial charge in [0.15, 0.2) is 0 Å². The van der Waals surface area contributed by atoms with Gasteiger partial charge in [-0.25, -0.2) is 9.59 Å². The summed E-state index contributed by atoms with van der Waals surface area (Å²) < 4.78 is 5.99. The molecule has 8 heteroatoms. The van der Waals surface area contributed by atoms with Crippen molar-refractivity contribution in [3.63, 3.8) is 0 Å². The lowest BCUT2D eigenvalue weighted by Gasteiger charge is -2.25. The van der Waals surface area contributed by atoms with E-state index >= 15 is 0 Å². The first-order valence-electron chi connectivity index (χ1n) is 6.61. The van der Waals surface area contributed by atoms with Crippen LogP contribution in [0.15, 0.2) is 12.4 Å². The molecule has 0 spiro atoms. The number of likely N-dealkylation sites (tertiary alicyclic amines) is 1. The number of aromatic nitrogens is 2. The normalized spacial score (nSPS) is 19.3. The molecule has 2 rings (SSSR count). The lowest BCUT2D eigenvalue weighted by Crippen LogP contribution is -2.44. The van der Waals surface area contributed by atoms with Gasteiger partial charge in [-0.05, 0) is 19.8 Å². The fraction of sp³-hybridized carbons (Fsp3) is 0.538. The summed E-state index contributed by atoms with van der Waals surface area (Å²) in [6.07, 6.45) is 3.80. The number of aromatic carboxylic acids is 1. The Morgan fingerprint density at radius 2 is 2.19 bits per heavy atom. The van der Waals surface area contributed by atoms with Crippen LogP contribution >= 0.6 is 0 Å². The second-order valence-corrected chi connectivity index (χ2v) is 4.90. The van der Waals surface area contributed by atoms with Gasteiger partial charge in [-0.15, -0.1) is 0 Å². The lowest BCUT2D eigenvalue weighted by atomic mass is 10.2. The predicted octanol–water partition coefficient (Wildman–Crippen LogP) is 0.306. The minimum Gasteiger partial charge on any atom is -0.478 e. The fourth-order valence-corrected chi connectivity index (χ4v) is 2.42. The van der Waals surface area contributed by atoms with Crippen LogP contribution in [0.4, 0.5) is 0 Å². The highest BCUT2D eigenvalue weighted by molar-refractivity contribution is 5.88. The zero-order valence-electron chi connectivity index (χ0n) is 11.9. The Hall–Kier alpha value is -2.38. The molecule has 0 aliphatic carbocycles. The number of ether oxygens (including phenoxy) is 1. The molecule has 2 heterocycles. The van der Waals surface area contributed by atoms with Crippen molar-refractivity contribution in [2.24, 2.45) is 0 Å². The smallest absolute Gasteiger partial charge is 0.338 e. The molecule has 8 nitrogen and oxygen atoms in total. The van der Waals surface area contributed by atoms with E-state index in [4.69, 9.17) is 9.84 Å². The third-order valence-corrected chi connectivity index (χ3v) is 3.61. The van der Waals surface area contributed by atoms with Crippen LogP contribution in [0.5, 0.6) is 0 Å². The number of esters is 1. The van der Waals surface area contributed by atoms with Crippen molar-refractivity contribution in [2.75, 3.05) is 13.7 Å². The average Bonchev–Trinajstić information content (AvgIpc) is 3.13. The van der Waals surface area contributed by atoms with Crippen LogP contribution in [-0.4, -0.2) is 57.3 Å². The Kier molecular flexibility index (Phi) is 4.25. The molecule has 2 atom stereocenters. The highest BCUT2D eigenvalue weighted by atomic mass is 16.5. The summed E-state index contributed by atoms with van der Waals surface area (Å²) in [5.41, 5.74) is 0.0144. The standard InChI is InChI=1S/C13H17N3O5/c1-8(16-7-9(6-14-16)12(18)19)11(17)15-5-3-4-10(15)13(20)21-2/h6-8,10H,3-5H2,1-2H3,(H,18,19). The molecule has 1 fully saturated rings. The number of carboxylic acid groups (broad SMARTS) is 1. The van der Waals surface area contributed by atoms with Gasteiger partial charge in [0.2, 0.25) is 5.91 Å². The highest BCUT2D eigenvalue weighted by Crippen LogP contribution is 2.22. The van der Waals surface area contributed by atoms with E-state index in [0.717, 1.165) is 6.42 Å². The lowest BCUT2D eigenvalue weighted by molar-refractivity contribution is -0.152. The molecule has 0 saturated carbocycles. The summed E-state index contributed by atoms with van der Waals surface area (Å²) in [5, 5.41) is 12.8. The van der Waals surface area contributed by atoms with Gasteiger partial charge in [0, 0.05) is 12.7 Å². The predicted molar refractivity (Wildman–Crippen MR) is 70.6 cm³/mol. The van der Waals surface area contributed by atoms with Gasteiger partial charge in [0.25, 0.3) is 0 Å². The van der Waals surface area contributed by atoms with Crippen LogP contribution in [0.2, 0.25) is 0 Å². The van der Waals surface area contributed by atoms with Gasteiger partial charge in [-0.3, -0.25) is 9.48 Å². The maximum absolute atomic E-state index is 12.5. The van der Waals surface area contributed by atoms with E-state index in [1.54, 1.807) is 6.92 Å². The van der Waals surface area contributed by atoms with Crippen molar-refractivity contribution in [1.29, 1.82) is 0 Å². The number of carbonyl (C=O) groups excluding carboxylic acids is 2. The Labute approximate surface area is 121 Å². The maximum atomic E-state index is 12.5. The second kappa shape index (κ2) is 5.94. The first-order chi connectivity index (χ1) is 9.95. The van der Waals surface area contributed by atoms with E-state index in [9.17, 15) is 14.4 Å². The van der Waals surface area contributed by atoms with Crippen molar-refractivity contribution in [3.8, 4) is 0 Å². The van der Waals surface area contributed by atoms with Crippen LogP contribution in [-0.2, 0) is 14.3 Å². The van der Waals surface area contributed by atoms with Gasteiger partial charge in [-0.1, -0.05) is 0 Å². The number of hydrogen-bond donors (Lipinski definition) is 1. The molecule has 1 aromatic rings. The molecule has 1 aliphatic heterocycles. The zero-order chi connectivity index (χ0) is 15.6. The second-order valence-electron chi connectivity index (χ2n) is 4.90. The quantitative estimate of drug-likeness (QED) is 0.802. The Bertz CT molecular complexity index is 568. The Morgan fingerprint density at radius 3 is 2.76 bits per heavy atom. The molecule has 1 amide bonds. The summed E-state index contributed by atoms with van der Waals surface area (Å²) >= 11 is 0. The number of methoxy groups -OCH3 is 1. The summed E-state index contributed by atoms with van der Waals surface area (Å²) in [6, 6.07) is -1.25. The van der Waals surface area contributed by atoms with Gasteiger partial charge >= 0.3 is 11.9 Å². The van der Waals surface area contributed by atoms with Gasteiger partial charge < -0.3 is 14.7 Å². The Morgan fingerprint density at radius 1 is 1.48 bits per heavy atom. The van der Waals surface area contributed by atoms with Crippen LogP contribution in [0, 0.1) is 0 Å². The summed E-state index contributed by atoms with van der Waals surface area (Å²) in [4.78, 5) is 36.4. The van der Waals surface area contributed by atoms with Crippen LogP contribution in [0.1, 0.15) is 36.2 Å². The van der Waals surface area contributed by atoms with Crippen LogP contribution in [0.25, 0.3) is 0 Å². The minimum absolute atomic E-state index is 0.0144. The van der Waals surface area contributed by atoms with Crippen LogP contribution < -0.4 is 0 Å². The van der Waals surface area contributed by atoms with E-state index in [-0.39, 0.29) is 11.5 Å². The fourth-order valence-electron chi connectivity index (χ4n) is 2.42. The molecule has 2 unspecified atom stereocenters. The summed E-state index contributed by atoms with van der Waals surface area (Å²) in [5.74, 6) is -1.81. The highest BCUT2D eigenvalue weighted by Gasteiger charge is 2.37. The summed E-state index contributed by atoms with van der Waals surface area (Å²) in [7, 11) is 1.29. The molecule has 1 aliphatic rings. The first-order valence-corrected chi connectivity index (χ1v) is 6.61. The number of rotatable bonds is 4. The Balaban J connectivity index is 2.14. The SMILES string of the molecule is COC(=O)C1CCCN1C(=O)C(C)n1cc(C(=O)O)cn1. The largest absolute Gasteiger partial charge is 0.478 e. The van der Waals surface area contributed by atoms with Crippen molar-refractivity contribution < 1.29 is 24.2 Å². The average molecular weight is 295 g/mol. The molecular weight excluding hydrogens is 278 g/mol. The van der Waals surface area contributed by atoms with E-state index in [0.29, 0.717) is 13.0 Å². The number of amides is 1. The van der Waals surface area contributed by atoms with Crippen molar-refractivity contribution in [3.05, 3.63) is 18.0 Å². The van der Waals surface area contributed by atoms with Crippen molar-refractivity contribution in [2.45, 2.75) is 31.8 Å². The molecule has 1 aromatic heterocycles. The molecule has 21 heavy (non-hydrogen) atoms. The molecule has 0 radical (unpaired) electrons. The molecule has 114 valence electrons. The van der Waals surface area contributed by atoms with E-state index < -0.39 is 24.0 Å². The number of hydrogen-bond acceptors (Lipinski definition) is 5. The maximum Gasteiger partial charge on any atom is 0.338 e.